The van der Waals surface area contributed by atoms with Gasteiger partial charge in [-0.05, 0) is 36.8 Å². The van der Waals surface area contributed by atoms with Crippen molar-refractivity contribution >= 4 is 17.7 Å². The van der Waals surface area contributed by atoms with E-state index < -0.39 is 11.7 Å². The minimum atomic E-state index is -4.38. The van der Waals surface area contributed by atoms with Gasteiger partial charge in [-0.15, -0.1) is 0 Å². The van der Waals surface area contributed by atoms with Crippen LogP contribution in [0.3, 0.4) is 0 Å². The summed E-state index contributed by atoms with van der Waals surface area (Å²) in [5.74, 6) is -0.216. The number of nitrogens with zero attached hydrogens (tertiary/aromatic N) is 2. The van der Waals surface area contributed by atoms with Gasteiger partial charge in [0.2, 0.25) is 5.91 Å². The minimum absolute atomic E-state index is 0.216. The molecule has 0 spiro atoms. The molecule has 1 amide bonds. The highest BCUT2D eigenvalue weighted by Gasteiger charge is 2.30. The number of carbonyl (C=O) groups excluding carboxylic acids is 1. The third-order valence-electron chi connectivity index (χ3n) is 5.29. The maximum Gasteiger partial charge on any atom is 0.416 e. The van der Waals surface area contributed by atoms with Gasteiger partial charge >= 0.3 is 6.18 Å². The van der Waals surface area contributed by atoms with Crippen LogP contribution in [0.1, 0.15) is 18.1 Å². The number of carbonyl (C=O) groups is 1. The molecule has 1 heterocycles. The standard InChI is InChI=1S/C23H26F3N3O/c1-18(22(30)27-21-11-9-20(10-12-21)23(24,25)26)29-16-14-28(15-17-29)13-5-8-19-6-3-2-4-7-19/h2-12,18H,13-17H2,1H3,(H,27,30)/b8-5+. The van der Waals surface area contributed by atoms with Gasteiger partial charge in [-0.2, -0.15) is 13.2 Å². The largest absolute Gasteiger partial charge is 0.416 e. The number of benzene rings is 2. The summed E-state index contributed by atoms with van der Waals surface area (Å²) in [5, 5.41) is 2.71. The van der Waals surface area contributed by atoms with Crippen LogP contribution in [-0.2, 0) is 11.0 Å². The molecule has 1 aliphatic heterocycles. The number of amides is 1. The Balaban J connectivity index is 1.44. The van der Waals surface area contributed by atoms with E-state index in [-0.39, 0.29) is 11.9 Å². The summed E-state index contributed by atoms with van der Waals surface area (Å²) >= 11 is 0. The molecule has 4 nitrogen and oxygen atoms in total. The fourth-order valence-electron chi connectivity index (χ4n) is 3.39. The molecule has 0 aromatic heterocycles. The molecule has 30 heavy (non-hydrogen) atoms. The predicted octanol–water partition coefficient (Wildman–Crippen LogP) is 4.36. The summed E-state index contributed by atoms with van der Waals surface area (Å²) in [7, 11) is 0. The lowest BCUT2D eigenvalue weighted by atomic mass is 10.1. The van der Waals surface area contributed by atoms with Gasteiger partial charge in [0.15, 0.2) is 0 Å². The summed E-state index contributed by atoms with van der Waals surface area (Å²) in [4.78, 5) is 16.9. The number of piperazine rings is 1. The first kappa shape index (κ1) is 22.1. The number of alkyl halides is 3. The summed E-state index contributed by atoms with van der Waals surface area (Å²) in [6.07, 6.45) is -0.135. The average Bonchev–Trinajstić information content (AvgIpc) is 2.74. The quantitative estimate of drug-likeness (QED) is 0.759. The molecule has 0 radical (unpaired) electrons. The van der Waals surface area contributed by atoms with Crippen molar-refractivity contribution in [2.75, 3.05) is 38.0 Å². The topological polar surface area (TPSA) is 35.6 Å². The molecule has 2 aromatic carbocycles. The highest BCUT2D eigenvalue weighted by Crippen LogP contribution is 2.29. The second kappa shape index (κ2) is 9.91. The van der Waals surface area contributed by atoms with Gasteiger partial charge in [0, 0.05) is 38.4 Å². The van der Waals surface area contributed by atoms with E-state index in [4.69, 9.17) is 0 Å². The van der Waals surface area contributed by atoms with Crippen molar-refractivity contribution < 1.29 is 18.0 Å². The molecule has 7 heteroatoms. The maximum absolute atomic E-state index is 12.6. The van der Waals surface area contributed by atoms with Gasteiger partial charge in [-0.3, -0.25) is 14.6 Å². The first-order valence-electron chi connectivity index (χ1n) is 9.99. The fourth-order valence-corrected chi connectivity index (χ4v) is 3.39. The van der Waals surface area contributed by atoms with Gasteiger partial charge in [0.25, 0.3) is 0 Å². The van der Waals surface area contributed by atoms with Gasteiger partial charge in [-0.1, -0.05) is 42.5 Å². The summed E-state index contributed by atoms with van der Waals surface area (Å²) in [5.41, 5.74) is 0.806. The summed E-state index contributed by atoms with van der Waals surface area (Å²) < 4.78 is 37.9. The maximum atomic E-state index is 12.6. The number of hydrogen-bond donors (Lipinski definition) is 1. The van der Waals surface area contributed by atoms with E-state index in [1.165, 1.54) is 17.7 Å². The van der Waals surface area contributed by atoms with Gasteiger partial charge < -0.3 is 5.32 Å². The molecule has 1 aliphatic rings. The average molecular weight is 417 g/mol. The van der Waals surface area contributed by atoms with Gasteiger partial charge in [0.1, 0.15) is 0 Å². The molecule has 1 N–H and O–H groups in total. The van der Waals surface area contributed by atoms with Crippen molar-refractivity contribution in [2.45, 2.75) is 19.1 Å². The van der Waals surface area contributed by atoms with Crippen LogP contribution in [0.25, 0.3) is 6.08 Å². The monoisotopic (exact) mass is 417 g/mol. The van der Waals surface area contributed by atoms with E-state index in [9.17, 15) is 18.0 Å². The van der Waals surface area contributed by atoms with Crippen LogP contribution < -0.4 is 5.32 Å². The first-order chi connectivity index (χ1) is 14.3. The lowest BCUT2D eigenvalue weighted by Gasteiger charge is -2.37. The van der Waals surface area contributed by atoms with Gasteiger partial charge in [0.05, 0.1) is 11.6 Å². The Morgan fingerprint density at radius 2 is 1.67 bits per heavy atom. The fraction of sp³-hybridized carbons (Fsp3) is 0.348. The van der Waals surface area contributed by atoms with Crippen LogP contribution in [0.5, 0.6) is 0 Å². The molecular weight excluding hydrogens is 391 g/mol. The number of rotatable bonds is 6. The first-order valence-corrected chi connectivity index (χ1v) is 9.99. The zero-order chi connectivity index (χ0) is 21.6. The molecular formula is C23H26F3N3O. The number of nitrogens with one attached hydrogen (secondary N) is 1. The molecule has 0 aliphatic carbocycles. The van der Waals surface area contributed by atoms with Crippen molar-refractivity contribution in [2.24, 2.45) is 0 Å². The Bertz CT molecular complexity index is 842. The van der Waals surface area contributed by atoms with Crippen molar-refractivity contribution in [3.8, 4) is 0 Å². The van der Waals surface area contributed by atoms with E-state index in [1.54, 1.807) is 0 Å². The van der Waals surface area contributed by atoms with Crippen LogP contribution in [-0.4, -0.2) is 54.5 Å². The van der Waals surface area contributed by atoms with E-state index in [0.717, 1.165) is 44.9 Å². The lowest BCUT2D eigenvalue weighted by molar-refractivity contribution is -0.137. The summed E-state index contributed by atoms with van der Waals surface area (Å²) in [6.45, 7) is 5.93. The van der Waals surface area contributed by atoms with Crippen LogP contribution in [0.15, 0.2) is 60.7 Å². The number of anilines is 1. The molecule has 1 fully saturated rings. The van der Waals surface area contributed by atoms with Crippen LogP contribution in [0.2, 0.25) is 0 Å². The van der Waals surface area contributed by atoms with E-state index in [2.05, 4.69) is 39.4 Å². The predicted molar refractivity (Wildman–Crippen MR) is 113 cm³/mol. The van der Waals surface area contributed by atoms with Crippen molar-refractivity contribution in [3.05, 3.63) is 71.8 Å². The molecule has 0 saturated carbocycles. The Morgan fingerprint density at radius 1 is 1.03 bits per heavy atom. The molecule has 1 atom stereocenters. The van der Waals surface area contributed by atoms with E-state index in [1.807, 2.05) is 25.1 Å². The minimum Gasteiger partial charge on any atom is -0.325 e. The normalized spacial score (nSPS) is 17.2. The van der Waals surface area contributed by atoms with Crippen molar-refractivity contribution in [1.82, 2.24) is 9.80 Å². The lowest BCUT2D eigenvalue weighted by Crippen LogP contribution is -2.52. The van der Waals surface area contributed by atoms with Crippen molar-refractivity contribution in [3.63, 3.8) is 0 Å². The highest BCUT2D eigenvalue weighted by molar-refractivity contribution is 5.94. The van der Waals surface area contributed by atoms with Crippen molar-refractivity contribution in [1.29, 1.82) is 0 Å². The molecule has 2 aromatic rings. The Hall–Kier alpha value is -2.64. The van der Waals surface area contributed by atoms with E-state index >= 15 is 0 Å². The molecule has 3 rings (SSSR count). The van der Waals surface area contributed by atoms with Gasteiger partial charge in [-0.25, -0.2) is 0 Å². The highest BCUT2D eigenvalue weighted by atomic mass is 19.4. The van der Waals surface area contributed by atoms with Crippen LogP contribution in [0, 0.1) is 0 Å². The third-order valence-corrected chi connectivity index (χ3v) is 5.29. The number of hydrogen-bond acceptors (Lipinski definition) is 3. The number of halogens is 3. The summed E-state index contributed by atoms with van der Waals surface area (Å²) in [6, 6.07) is 14.3. The Morgan fingerprint density at radius 3 is 2.27 bits per heavy atom. The van der Waals surface area contributed by atoms with E-state index in [0.29, 0.717) is 5.69 Å². The molecule has 0 bridgehead atoms. The molecule has 160 valence electrons. The second-order valence-electron chi connectivity index (χ2n) is 7.39. The Labute approximate surface area is 175 Å². The van der Waals surface area contributed by atoms with Crippen LogP contribution >= 0.6 is 0 Å². The van der Waals surface area contributed by atoms with Crippen LogP contribution in [0.4, 0.5) is 18.9 Å². The SMILES string of the molecule is CC(C(=O)Nc1ccc(C(F)(F)F)cc1)N1CCN(C/C=C/c2ccccc2)CC1. The smallest absolute Gasteiger partial charge is 0.325 e. The third kappa shape index (κ3) is 6.18. The zero-order valence-electron chi connectivity index (χ0n) is 16.9. The zero-order valence-corrected chi connectivity index (χ0v) is 16.9. The molecule has 1 unspecified atom stereocenters. The molecule has 1 saturated heterocycles. The Kier molecular flexibility index (Phi) is 7.29. The second-order valence-corrected chi connectivity index (χ2v) is 7.39.